The molecule has 0 N–H and O–H groups in total. The van der Waals surface area contributed by atoms with E-state index in [1.165, 1.54) is 17.4 Å². The van der Waals surface area contributed by atoms with Gasteiger partial charge in [-0.15, -0.1) is 0 Å². The monoisotopic (exact) mass is 466 g/mol. The van der Waals surface area contributed by atoms with Gasteiger partial charge in [-0.2, -0.15) is 0 Å². The molecule has 4 aromatic carbocycles. The molecule has 0 unspecified atom stereocenters. The zero-order chi connectivity index (χ0) is 23.3. The number of nitrogens with zero attached hydrogens (tertiary/aromatic N) is 2. The number of thiazole rings is 1. The first kappa shape index (κ1) is 22.0. The summed E-state index contributed by atoms with van der Waals surface area (Å²) >= 11 is 1.34. The highest BCUT2D eigenvalue weighted by atomic mass is 32.1. The highest BCUT2D eigenvalue weighted by Gasteiger charge is 2.26. The predicted octanol–water partition coefficient (Wildman–Crippen LogP) is 7.19. The van der Waals surface area contributed by atoms with E-state index < -0.39 is 0 Å². The minimum absolute atomic E-state index is 0.0546. The van der Waals surface area contributed by atoms with E-state index in [2.05, 4.69) is 29.2 Å². The third-order valence-corrected chi connectivity index (χ3v) is 6.90. The number of hydrogen-bond donors (Lipinski definition) is 0. The summed E-state index contributed by atoms with van der Waals surface area (Å²) in [5.41, 5.74) is 3.46. The van der Waals surface area contributed by atoms with Crippen molar-refractivity contribution in [1.82, 2.24) is 4.98 Å². The van der Waals surface area contributed by atoms with Gasteiger partial charge in [0.2, 0.25) is 5.91 Å². The van der Waals surface area contributed by atoms with Crippen LogP contribution in [0.3, 0.4) is 0 Å². The SMILES string of the molecule is O=C(CC(c1ccccc1)c1ccccc1)N(Cc1ccccc1)c1nc2c(F)cccc2s1. The van der Waals surface area contributed by atoms with Crippen LogP contribution in [0.15, 0.2) is 109 Å². The average molecular weight is 467 g/mol. The Labute approximate surface area is 202 Å². The molecule has 0 saturated heterocycles. The van der Waals surface area contributed by atoms with Gasteiger partial charge in [-0.25, -0.2) is 9.37 Å². The molecule has 0 aliphatic carbocycles. The molecule has 0 aliphatic heterocycles. The molecule has 5 rings (SSSR count). The van der Waals surface area contributed by atoms with Gasteiger partial charge in [0.15, 0.2) is 5.13 Å². The van der Waals surface area contributed by atoms with E-state index in [4.69, 9.17) is 0 Å². The van der Waals surface area contributed by atoms with Gasteiger partial charge in [-0.05, 0) is 28.8 Å². The van der Waals surface area contributed by atoms with Gasteiger partial charge < -0.3 is 0 Å². The first-order valence-electron chi connectivity index (χ1n) is 11.2. The van der Waals surface area contributed by atoms with Crippen molar-refractivity contribution in [3.8, 4) is 0 Å². The Kier molecular flexibility index (Phi) is 6.45. The van der Waals surface area contributed by atoms with Gasteiger partial charge in [0, 0.05) is 12.3 Å². The Morgan fingerprint density at radius 2 is 1.38 bits per heavy atom. The molecule has 1 aromatic heterocycles. The number of halogens is 1. The molecule has 0 atom stereocenters. The van der Waals surface area contributed by atoms with Gasteiger partial charge in [0.1, 0.15) is 11.3 Å². The summed E-state index contributed by atoms with van der Waals surface area (Å²) in [6, 6.07) is 34.9. The molecule has 0 aliphatic rings. The second-order valence-electron chi connectivity index (χ2n) is 8.13. The fraction of sp³-hybridized carbons (Fsp3) is 0.103. The summed E-state index contributed by atoms with van der Waals surface area (Å²) in [5, 5.41) is 0.508. The number of carbonyl (C=O) groups excluding carboxylic acids is 1. The Morgan fingerprint density at radius 3 is 1.97 bits per heavy atom. The lowest BCUT2D eigenvalue weighted by Gasteiger charge is -2.24. The summed E-state index contributed by atoms with van der Waals surface area (Å²) in [6.45, 7) is 0.372. The van der Waals surface area contributed by atoms with Crippen molar-refractivity contribution in [2.45, 2.75) is 18.9 Å². The normalized spacial score (nSPS) is 11.1. The van der Waals surface area contributed by atoms with Crippen LogP contribution in [0, 0.1) is 5.82 Å². The van der Waals surface area contributed by atoms with Crippen LogP contribution in [0.2, 0.25) is 0 Å². The van der Waals surface area contributed by atoms with Gasteiger partial charge in [0.05, 0.1) is 11.2 Å². The van der Waals surface area contributed by atoms with Crippen LogP contribution < -0.4 is 4.90 Å². The first-order chi connectivity index (χ1) is 16.7. The van der Waals surface area contributed by atoms with Crippen molar-refractivity contribution < 1.29 is 9.18 Å². The number of fused-ring (bicyclic) bond motifs is 1. The van der Waals surface area contributed by atoms with Crippen LogP contribution in [-0.2, 0) is 11.3 Å². The number of anilines is 1. The van der Waals surface area contributed by atoms with Gasteiger partial charge >= 0.3 is 0 Å². The van der Waals surface area contributed by atoms with Crippen LogP contribution >= 0.6 is 11.3 Å². The highest BCUT2D eigenvalue weighted by Crippen LogP contribution is 2.34. The smallest absolute Gasteiger partial charge is 0.230 e. The minimum atomic E-state index is -0.376. The first-order valence-corrected chi connectivity index (χ1v) is 12.0. The fourth-order valence-electron chi connectivity index (χ4n) is 4.13. The Bertz CT molecular complexity index is 1350. The highest BCUT2D eigenvalue weighted by molar-refractivity contribution is 7.22. The lowest BCUT2D eigenvalue weighted by atomic mass is 9.88. The lowest BCUT2D eigenvalue weighted by molar-refractivity contribution is -0.119. The Morgan fingerprint density at radius 1 is 0.794 bits per heavy atom. The van der Waals surface area contributed by atoms with Crippen molar-refractivity contribution in [2.75, 3.05) is 4.90 Å². The van der Waals surface area contributed by atoms with E-state index in [-0.39, 0.29) is 24.1 Å². The number of hydrogen-bond acceptors (Lipinski definition) is 3. The second-order valence-corrected chi connectivity index (χ2v) is 9.14. The number of amides is 1. The van der Waals surface area contributed by atoms with E-state index in [1.54, 1.807) is 11.0 Å². The molecule has 34 heavy (non-hydrogen) atoms. The quantitative estimate of drug-likeness (QED) is 0.254. The maximum atomic E-state index is 14.4. The van der Waals surface area contributed by atoms with Gasteiger partial charge in [0.25, 0.3) is 0 Å². The molecule has 0 radical (unpaired) electrons. The maximum absolute atomic E-state index is 14.4. The fourth-order valence-corrected chi connectivity index (χ4v) is 5.13. The maximum Gasteiger partial charge on any atom is 0.230 e. The second kappa shape index (κ2) is 9.98. The van der Waals surface area contributed by atoms with Gasteiger partial charge in [-0.3, -0.25) is 9.69 Å². The molecule has 1 amide bonds. The van der Waals surface area contributed by atoms with Crippen LogP contribution in [0.1, 0.15) is 29.0 Å². The number of carbonyl (C=O) groups is 1. The molecule has 168 valence electrons. The molecule has 1 heterocycles. The minimum Gasteiger partial charge on any atom is -0.284 e. The van der Waals surface area contributed by atoms with Crippen molar-refractivity contribution in [2.24, 2.45) is 0 Å². The van der Waals surface area contributed by atoms with Crippen LogP contribution in [0.5, 0.6) is 0 Å². The van der Waals surface area contributed by atoms with E-state index in [9.17, 15) is 9.18 Å². The van der Waals surface area contributed by atoms with Crippen molar-refractivity contribution in [3.05, 3.63) is 132 Å². The topological polar surface area (TPSA) is 33.2 Å². The van der Waals surface area contributed by atoms with E-state index in [1.807, 2.05) is 72.8 Å². The molecule has 0 fully saturated rings. The van der Waals surface area contributed by atoms with Crippen LogP contribution in [0.25, 0.3) is 10.2 Å². The van der Waals surface area contributed by atoms with E-state index in [0.29, 0.717) is 17.2 Å². The summed E-state index contributed by atoms with van der Waals surface area (Å²) in [5.74, 6) is -0.529. The zero-order valence-corrected chi connectivity index (χ0v) is 19.3. The summed E-state index contributed by atoms with van der Waals surface area (Å²) in [7, 11) is 0. The Hall–Kier alpha value is -3.83. The van der Waals surface area contributed by atoms with Crippen molar-refractivity contribution in [3.63, 3.8) is 0 Å². The summed E-state index contributed by atoms with van der Waals surface area (Å²) in [4.78, 5) is 20.1. The van der Waals surface area contributed by atoms with Crippen LogP contribution in [0.4, 0.5) is 9.52 Å². The summed E-state index contributed by atoms with van der Waals surface area (Å²) < 4.78 is 15.1. The lowest BCUT2D eigenvalue weighted by Crippen LogP contribution is -2.31. The predicted molar refractivity (Wildman–Crippen MR) is 137 cm³/mol. The number of benzene rings is 4. The molecule has 3 nitrogen and oxygen atoms in total. The Balaban J connectivity index is 1.53. The third-order valence-electron chi connectivity index (χ3n) is 5.86. The van der Waals surface area contributed by atoms with Crippen molar-refractivity contribution >= 4 is 32.6 Å². The van der Waals surface area contributed by atoms with Gasteiger partial charge in [-0.1, -0.05) is 108 Å². The molecule has 5 heteroatoms. The van der Waals surface area contributed by atoms with E-state index in [0.717, 1.165) is 21.4 Å². The van der Waals surface area contributed by atoms with Crippen molar-refractivity contribution in [1.29, 1.82) is 0 Å². The largest absolute Gasteiger partial charge is 0.284 e. The average Bonchev–Trinajstić information content (AvgIpc) is 3.33. The molecule has 0 saturated carbocycles. The zero-order valence-electron chi connectivity index (χ0n) is 18.5. The molecule has 0 spiro atoms. The number of para-hydroxylation sites is 1. The number of rotatable bonds is 7. The van der Waals surface area contributed by atoms with E-state index >= 15 is 0 Å². The molecular weight excluding hydrogens is 443 g/mol. The standard InChI is InChI=1S/C29H23FN2OS/c30-25-17-10-18-26-28(25)31-29(34-26)32(20-21-11-4-1-5-12-21)27(33)19-24(22-13-6-2-7-14-22)23-15-8-3-9-16-23/h1-18,24H,19-20H2. The number of aromatic nitrogens is 1. The molecular formula is C29H23FN2OS. The molecule has 0 bridgehead atoms. The third kappa shape index (κ3) is 4.75. The molecule has 5 aromatic rings. The summed E-state index contributed by atoms with van der Waals surface area (Å²) in [6.07, 6.45) is 0.277. The van der Waals surface area contributed by atoms with Crippen LogP contribution in [-0.4, -0.2) is 10.9 Å².